The van der Waals surface area contributed by atoms with Crippen molar-refractivity contribution in [2.24, 2.45) is 0 Å². The van der Waals surface area contributed by atoms with E-state index in [-0.39, 0.29) is 29.1 Å². The van der Waals surface area contributed by atoms with E-state index in [0.717, 1.165) is 5.56 Å². The van der Waals surface area contributed by atoms with E-state index in [9.17, 15) is 14.4 Å². The average Bonchev–Trinajstić information content (AvgIpc) is 2.62. The molecule has 0 radical (unpaired) electrons. The monoisotopic (exact) mass is 326 g/mol. The first-order chi connectivity index (χ1) is 11.6. The molecule has 2 amide bonds. The second-order valence-corrected chi connectivity index (χ2v) is 5.70. The number of aromatic amines is 1. The Hall–Kier alpha value is -2.96. The van der Waals surface area contributed by atoms with Crippen LogP contribution in [0.4, 0.5) is 0 Å². The Balaban J connectivity index is 1.84. The van der Waals surface area contributed by atoms with Gasteiger partial charge < -0.3 is 9.80 Å². The van der Waals surface area contributed by atoms with E-state index in [2.05, 4.69) is 10.2 Å². The van der Waals surface area contributed by atoms with Crippen molar-refractivity contribution in [3.63, 3.8) is 0 Å². The molecule has 24 heavy (non-hydrogen) atoms. The zero-order valence-corrected chi connectivity index (χ0v) is 13.3. The standard InChI is InChI=1S/C17H18N4O3/c1-12(22)21-10-9-20(11-15(21)13-5-3-2-4-6-13)17(24)14-7-8-16(23)19-18-14/h2-8,15H,9-11H2,1H3,(H,19,23). The number of aromatic nitrogens is 2. The second kappa shape index (κ2) is 6.66. The number of benzene rings is 1. The van der Waals surface area contributed by atoms with Gasteiger partial charge in [-0.15, -0.1) is 0 Å². The van der Waals surface area contributed by atoms with Gasteiger partial charge in [-0.1, -0.05) is 30.3 Å². The lowest BCUT2D eigenvalue weighted by molar-refractivity contribution is -0.133. The number of nitrogens with zero attached hydrogens (tertiary/aromatic N) is 3. The lowest BCUT2D eigenvalue weighted by atomic mass is 10.0. The maximum atomic E-state index is 12.6. The first kappa shape index (κ1) is 15.9. The molecule has 124 valence electrons. The molecule has 0 bridgehead atoms. The number of rotatable bonds is 2. The second-order valence-electron chi connectivity index (χ2n) is 5.70. The Morgan fingerprint density at radius 2 is 1.88 bits per heavy atom. The molecule has 3 rings (SSSR count). The minimum atomic E-state index is -0.352. The van der Waals surface area contributed by atoms with Crippen LogP contribution in [0.25, 0.3) is 0 Å². The van der Waals surface area contributed by atoms with Gasteiger partial charge in [0.1, 0.15) is 5.69 Å². The van der Waals surface area contributed by atoms with Crippen molar-refractivity contribution in [3.05, 3.63) is 64.1 Å². The smallest absolute Gasteiger partial charge is 0.274 e. The summed E-state index contributed by atoms with van der Waals surface area (Å²) in [5.74, 6) is -0.270. The summed E-state index contributed by atoms with van der Waals surface area (Å²) in [6.07, 6.45) is 0. The van der Waals surface area contributed by atoms with Gasteiger partial charge in [-0.25, -0.2) is 5.10 Å². The first-order valence-corrected chi connectivity index (χ1v) is 7.73. The highest BCUT2D eigenvalue weighted by Crippen LogP contribution is 2.26. The van der Waals surface area contributed by atoms with Crippen LogP contribution in [0, 0.1) is 0 Å². The molecule has 1 unspecified atom stereocenters. The summed E-state index contributed by atoms with van der Waals surface area (Å²) in [4.78, 5) is 39.1. The van der Waals surface area contributed by atoms with Crippen LogP contribution >= 0.6 is 0 Å². The SMILES string of the molecule is CC(=O)N1CCN(C(=O)c2ccc(=O)[nH]n2)CC1c1ccccc1. The molecule has 1 aliphatic heterocycles. The summed E-state index contributed by atoms with van der Waals surface area (Å²) in [5, 5.41) is 6.07. The Labute approximate surface area is 138 Å². The summed E-state index contributed by atoms with van der Waals surface area (Å²) in [6, 6.07) is 12.1. The summed E-state index contributed by atoms with van der Waals surface area (Å²) >= 11 is 0. The maximum absolute atomic E-state index is 12.6. The highest BCUT2D eigenvalue weighted by atomic mass is 16.2. The van der Waals surface area contributed by atoms with E-state index in [4.69, 9.17) is 0 Å². The van der Waals surface area contributed by atoms with E-state index in [0.29, 0.717) is 19.6 Å². The van der Waals surface area contributed by atoms with E-state index >= 15 is 0 Å². The van der Waals surface area contributed by atoms with Crippen molar-refractivity contribution in [3.8, 4) is 0 Å². The largest absolute Gasteiger partial charge is 0.333 e. The number of hydrogen-bond donors (Lipinski definition) is 1. The third kappa shape index (κ3) is 3.19. The number of carbonyl (C=O) groups excluding carboxylic acids is 2. The van der Waals surface area contributed by atoms with Gasteiger partial charge in [-0.3, -0.25) is 14.4 Å². The van der Waals surface area contributed by atoms with Gasteiger partial charge in [-0.05, 0) is 11.6 Å². The van der Waals surface area contributed by atoms with Crippen molar-refractivity contribution >= 4 is 11.8 Å². The minimum Gasteiger partial charge on any atom is -0.333 e. The van der Waals surface area contributed by atoms with Crippen molar-refractivity contribution in [1.82, 2.24) is 20.0 Å². The number of hydrogen-bond acceptors (Lipinski definition) is 4. The average molecular weight is 326 g/mol. The number of H-pyrrole nitrogens is 1. The molecule has 1 fully saturated rings. The van der Waals surface area contributed by atoms with Crippen molar-refractivity contribution in [1.29, 1.82) is 0 Å². The van der Waals surface area contributed by atoms with Crippen LogP contribution < -0.4 is 5.56 Å². The number of piperazine rings is 1. The quantitative estimate of drug-likeness (QED) is 0.885. The van der Waals surface area contributed by atoms with E-state index in [1.165, 1.54) is 19.1 Å². The fourth-order valence-corrected chi connectivity index (χ4v) is 2.93. The van der Waals surface area contributed by atoms with Crippen LogP contribution in [-0.4, -0.2) is 51.4 Å². The summed E-state index contributed by atoms with van der Waals surface area (Å²) < 4.78 is 0. The zero-order chi connectivity index (χ0) is 17.1. The third-order valence-electron chi connectivity index (χ3n) is 4.15. The Morgan fingerprint density at radius 1 is 1.12 bits per heavy atom. The molecule has 0 saturated carbocycles. The van der Waals surface area contributed by atoms with Gasteiger partial charge in [0.15, 0.2) is 0 Å². The Kier molecular flexibility index (Phi) is 4.41. The van der Waals surface area contributed by atoms with E-state index in [1.807, 2.05) is 30.3 Å². The molecule has 7 nitrogen and oxygen atoms in total. The molecular weight excluding hydrogens is 308 g/mol. The number of amides is 2. The van der Waals surface area contributed by atoms with Gasteiger partial charge in [0.05, 0.1) is 6.04 Å². The van der Waals surface area contributed by atoms with Crippen LogP contribution in [0.3, 0.4) is 0 Å². The fraction of sp³-hybridized carbons (Fsp3) is 0.294. The first-order valence-electron chi connectivity index (χ1n) is 7.73. The van der Waals surface area contributed by atoms with Crippen LogP contribution in [-0.2, 0) is 4.79 Å². The molecular formula is C17H18N4O3. The lowest BCUT2D eigenvalue weighted by Gasteiger charge is -2.41. The molecule has 1 aliphatic rings. The van der Waals surface area contributed by atoms with Crippen LogP contribution in [0.15, 0.2) is 47.3 Å². The van der Waals surface area contributed by atoms with Gasteiger partial charge in [0.2, 0.25) is 5.91 Å². The van der Waals surface area contributed by atoms with Crippen molar-refractivity contribution in [2.75, 3.05) is 19.6 Å². The number of carbonyl (C=O) groups is 2. The molecule has 0 aliphatic carbocycles. The summed E-state index contributed by atoms with van der Waals surface area (Å²) in [6.45, 7) is 2.83. The highest BCUT2D eigenvalue weighted by molar-refractivity contribution is 5.92. The normalized spacial score (nSPS) is 17.6. The van der Waals surface area contributed by atoms with Crippen LogP contribution in [0.1, 0.15) is 29.0 Å². The zero-order valence-electron chi connectivity index (χ0n) is 13.3. The highest BCUT2D eigenvalue weighted by Gasteiger charge is 2.32. The fourth-order valence-electron chi connectivity index (χ4n) is 2.93. The maximum Gasteiger partial charge on any atom is 0.274 e. The Bertz CT molecular complexity index is 782. The molecule has 1 saturated heterocycles. The lowest BCUT2D eigenvalue weighted by Crippen LogP contribution is -2.52. The van der Waals surface area contributed by atoms with Gasteiger partial charge in [-0.2, -0.15) is 5.10 Å². The minimum absolute atomic E-state index is 0.0156. The summed E-state index contributed by atoms with van der Waals surface area (Å²) in [5.41, 5.74) is 0.826. The topological polar surface area (TPSA) is 86.4 Å². The molecule has 1 N–H and O–H groups in total. The van der Waals surface area contributed by atoms with Gasteiger partial charge >= 0.3 is 0 Å². The van der Waals surface area contributed by atoms with Gasteiger partial charge in [0.25, 0.3) is 11.5 Å². The third-order valence-corrected chi connectivity index (χ3v) is 4.15. The van der Waals surface area contributed by atoms with E-state index < -0.39 is 0 Å². The molecule has 2 aromatic rings. The molecule has 2 heterocycles. The van der Waals surface area contributed by atoms with Gasteiger partial charge in [0, 0.05) is 32.6 Å². The molecule has 1 aromatic carbocycles. The molecule has 1 aromatic heterocycles. The molecule has 0 spiro atoms. The molecule has 1 atom stereocenters. The predicted molar refractivity (Wildman–Crippen MR) is 87.3 cm³/mol. The number of nitrogens with one attached hydrogen (secondary N) is 1. The van der Waals surface area contributed by atoms with Crippen molar-refractivity contribution in [2.45, 2.75) is 13.0 Å². The Morgan fingerprint density at radius 3 is 2.50 bits per heavy atom. The van der Waals surface area contributed by atoms with Crippen molar-refractivity contribution < 1.29 is 9.59 Å². The summed E-state index contributed by atoms with van der Waals surface area (Å²) in [7, 11) is 0. The predicted octanol–water partition coefficient (Wildman–Crippen LogP) is 0.815. The van der Waals surface area contributed by atoms with Crippen LogP contribution in [0.5, 0.6) is 0 Å². The molecule has 7 heteroatoms. The van der Waals surface area contributed by atoms with E-state index in [1.54, 1.807) is 9.80 Å². The van der Waals surface area contributed by atoms with Crippen LogP contribution in [0.2, 0.25) is 0 Å².